The van der Waals surface area contributed by atoms with Gasteiger partial charge in [-0.05, 0) is 69.3 Å². The summed E-state index contributed by atoms with van der Waals surface area (Å²) in [6, 6.07) is 14.0. The summed E-state index contributed by atoms with van der Waals surface area (Å²) in [5.74, 6) is 0.00998. The molecule has 0 saturated carbocycles. The normalized spacial score (nSPS) is 16.4. The van der Waals surface area contributed by atoms with Gasteiger partial charge in [0.05, 0.1) is 12.0 Å². The highest BCUT2D eigenvalue weighted by molar-refractivity contribution is 6.03. The van der Waals surface area contributed by atoms with Crippen molar-refractivity contribution in [1.82, 2.24) is 0 Å². The molecule has 6 nitrogen and oxygen atoms in total. The summed E-state index contributed by atoms with van der Waals surface area (Å²) in [5, 5.41) is 2.82. The molecule has 0 spiro atoms. The maximum Gasteiger partial charge on any atom is 0.229 e. The third-order valence-electron chi connectivity index (χ3n) is 4.57. The van der Waals surface area contributed by atoms with E-state index in [2.05, 4.69) is 5.32 Å². The largest absolute Gasteiger partial charge is 0.491 e. The monoisotopic (exact) mass is 380 g/mol. The number of amides is 2. The first-order chi connectivity index (χ1) is 13.3. The van der Waals surface area contributed by atoms with Crippen LogP contribution < -0.4 is 15.0 Å². The molecule has 28 heavy (non-hydrogen) atoms. The number of benzene rings is 2. The minimum absolute atomic E-state index is 0.0280. The van der Waals surface area contributed by atoms with E-state index in [-0.39, 0.29) is 30.1 Å². The topological polar surface area (TPSA) is 75.7 Å². The van der Waals surface area contributed by atoms with Crippen LogP contribution in [0, 0.1) is 5.92 Å². The van der Waals surface area contributed by atoms with Gasteiger partial charge in [0.15, 0.2) is 5.78 Å². The second kappa shape index (κ2) is 8.25. The second-order valence-corrected chi connectivity index (χ2v) is 7.19. The van der Waals surface area contributed by atoms with Crippen molar-refractivity contribution in [2.75, 3.05) is 16.8 Å². The summed E-state index contributed by atoms with van der Waals surface area (Å²) >= 11 is 0. The van der Waals surface area contributed by atoms with E-state index < -0.39 is 5.92 Å². The Labute approximate surface area is 164 Å². The van der Waals surface area contributed by atoms with Gasteiger partial charge in [-0.2, -0.15) is 0 Å². The van der Waals surface area contributed by atoms with Crippen molar-refractivity contribution in [3.63, 3.8) is 0 Å². The smallest absolute Gasteiger partial charge is 0.229 e. The quantitative estimate of drug-likeness (QED) is 0.776. The highest BCUT2D eigenvalue weighted by Crippen LogP contribution is 2.28. The number of hydrogen-bond acceptors (Lipinski definition) is 4. The molecule has 0 radical (unpaired) electrons. The van der Waals surface area contributed by atoms with Gasteiger partial charge >= 0.3 is 0 Å². The Morgan fingerprint density at radius 1 is 1.07 bits per heavy atom. The lowest BCUT2D eigenvalue weighted by molar-refractivity contribution is -0.122. The zero-order valence-electron chi connectivity index (χ0n) is 16.3. The van der Waals surface area contributed by atoms with E-state index in [9.17, 15) is 14.4 Å². The summed E-state index contributed by atoms with van der Waals surface area (Å²) in [6.45, 7) is 5.73. The highest BCUT2D eigenvalue weighted by Gasteiger charge is 2.35. The molecule has 2 aromatic carbocycles. The van der Waals surface area contributed by atoms with Gasteiger partial charge < -0.3 is 15.0 Å². The summed E-state index contributed by atoms with van der Waals surface area (Å²) in [6.07, 6.45) is 0.249. The van der Waals surface area contributed by atoms with E-state index in [0.717, 1.165) is 11.4 Å². The number of ether oxygens (including phenoxy) is 1. The predicted octanol–water partition coefficient (Wildman–Crippen LogP) is 3.67. The molecule has 1 atom stereocenters. The van der Waals surface area contributed by atoms with Crippen LogP contribution in [-0.4, -0.2) is 30.2 Å². The van der Waals surface area contributed by atoms with E-state index in [1.54, 1.807) is 29.2 Å². The zero-order chi connectivity index (χ0) is 20.3. The van der Waals surface area contributed by atoms with Crippen LogP contribution in [0.4, 0.5) is 11.4 Å². The molecule has 3 rings (SSSR count). The summed E-state index contributed by atoms with van der Waals surface area (Å²) in [4.78, 5) is 37.9. The molecule has 1 fully saturated rings. The number of nitrogens with zero attached hydrogens (tertiary/aromatic N) is 1. The number of carbonyl (C=O) groups is 3. The lowest BCUT2D eigenvalue weighted by Crippen LogP contribution is -2.28. The summed E-state index contributed by atoms with van der Waals surface area (Å²) < 4.78 is 5.62. The molecule has 6 heteroatoms. The molecule has 2 aromatic rings. The van der Waals surface area contributed by atoms with Crippen molar-refractivity contribution >= 4 is 29.0 Å². The number of rotatable bonds is 6. The molecular formula is C22H24N2O4. The van der Waals surface area contributed by atoms with Gasteiger partial charge in [-0.25, -0.2) is 0 Å². The number of hydrogen-bond donors (Lipinski definition) is 1. The molecule has 0 unspecified atom stereocenters. The van der Waals surface area contributed by atoms with Crippen LogP contribution in [0.3, 0.4) is 0 Å². The molecule has 146 valence electrons. The van der Waals surface area contributed by atoms with Crippen molar-refractivity contribution in [2.45, 2.75) is 33.3 Å². The van der Waals surface area contributed by atoms with Crippen molar-refractivity contribution < 1.29 is 19.1 Å². The second-order valence-electron chi connectivity index (χ2n) is 7.19. The maximum absolute atomic E-state index is 12.6. The van der Waals surface area contributed by atoms with E-state index in [1.165, 1.54) is 6.92 Å². The van der Waals surface area contributed by atoms with E-state index in [1.807, 2.05) is 38.1 Å². The minimum atomic E-state index is -0.424. The fourth-order valence-corrected chi connectivity index (χ4v) is 3.14. The van der Waals surface area contributed by atoms with E-state index in [4.69, 9.17) is 4.74 Å². The molecule has 0 aromatic heterocycles. The van der Waals surface area contributed by atoms with Crippen molar-refractivity contribution in [2.24, 2.45) is 5.92 Å². The number of Topliss-reactive ketones (excluding diaryl/α,β-unsaturated/α-hetero) is 1. The number of nitrogens with one attached hydrogen (secondary N) is 1. The Kier molecular flexibility index (Phi) is 5.78. The number of anilines is 2. The molecule has 2 amide bonds. The van der Waals surface area contributed by atoms with E-state index >= 15 is 0 Å². The Hall–Kier alpha value is -3.15. The summed E-state index contributed by atoms with van der Waals surface area (Å²) in [5.41, 5.74) is 1.95. The average Bonchev–Trinajstić information content (AvgIpc) is 3.04. The SMILES string of the molecule is CC(=O)c1ccc(NC(=O)[C@@H]2CC(=O)N(c3ccc(OC(C)C)cc3)C2)cc1. The fourth-order valence-electron chi connectivity index (χ4n) is 3.14. The van der Waals surface area contributed by atoms with Crippen molar-refractivity contribution in [3.8, 4) is 5.75 Å². The molecule has 0 bridgehead atoms. The Morgan fingerprint density at radius 2 is 1.71 bits per heavy atom. The maximum atomic E-state index is 12.6. The first-order valence-corrected chi connectivity index (χ1v) is 9.32. The molecule has 1 N–H and O–H groups in total. The van der Waals surface area contributed by atoms with Crippen LogP contribution in [0.15, 0.2) is 48.5 Å². The molecule has 1 aliphatic heterocycles. The van der Waals surface area contributed by atoms with Crippen LogP contribution in [0.5, 0.6) is 5.75 Å². The van der Waals surface area contributed by atoms with E-state index in [0.29, 0.717) is 17.8 Å². The number of carbonyl (C=O) groups excluding carboxylic acids is 3. The van der Waals surface area contributed by atoms with Crippen LogP contribution >= 0.6 is 0 Å². The highest BCUT2D eigenvalue weighted by atomic mass is 16.5. The Bertz CT molecular complexity index is 872. The van der Waals surface area contributed by atoms with Gasteiger partial charge in [0.25, 0.3) is 0 Å². The molecule has 1 aliphatic rings. The zero-order valence-corrected chi connectivity index (χ0v) is 16.3. The minimum Gasteiger partial charge on any atom is -0.491 e. The molecular weight excluding hydrogens is 356 g/mol. The van der Waals surface area contributed by atoms with Gasteiger partial charge in [-0.15, -0.1) is 0 Å². The first kappa shape index (κ1) is 19.6. The van der Waals surface area contributed by atoms with Gasteiger partial charge in [-0.1, -0.05) is 0 Å². The average molecular weight is 380 g/mol. The molecule has 1 saturated heterocycles. The summed E-state index contributed by atoms with van der Waals surface area (Å²) in [7, 11) is 0. The van der Waals surface area contributed by atoms with Gasteiger partial charge in [-0.3, -0.25) is 14.4 Å². The fraction of sp³-hybridized carbons (Fsp3) is 0.318. The third-order valence-corrected chi connectivity index (χ3v) is 4.57. The van der Waals surface area contributed by atoms with Gasteiger partial charge in [0, 0.05) is 29.9 Å². The lowest BCUT2D eigenvalue weighted by atomic mass is 10.1. The number of ketones is 1. The van der Waals surface area contributed by atoms with Crippen molar-refractivity contribution in [1.29, 1.82) is 0 Å². The third kappa shape index (κ3) is 4.57. The van der Waals surface area contributed by atoms with Crippen LogP contribution in [0.25, 0.3) is 0 Å². The van der Waals surface area contributed by atoms with Gasteiger partial charge in [0.1, 0.15) is 5.75 Å². The standard InChI is InChI=1S/C22H24N2O4/c1-14(2)28-20-10-8-19(9-11-20)24-13-17(12-21(24)26)22(27)23-18-6-4-16(5-7-18)15(3)25/h4-11,14,17H,12-13H2,1-3H3,(H,23,27)/t17-/m1/s1. The van der Waals surface area contributed by atoms with Crippen LogP contribution in [0.1, 0.15) is 37.6 Å². The van der Waals surface area contributed by atoms with Crippen LogP contribution in [0.2, 0.25) is 0 Å². The lowest BCUT2D eigenvalue weighted by Gasteiger charge is -2.18. The first-order valence-electron chi connectivity index (χ1n) is 9.32. The predicted molar refractivity (Wildman–Crippen MR) is 108 cm³/mol. The molecule has 0 aliphatic carbocycles. The van der Waals surface area contributed by atoms with Crippen LogP contribution in [-0.2, 0) is 9.59 Å². The Balaban J connectivity index is 1.63. The molecule has 1 heterocycles. The van der Waals surface area contributed by atoms with Crippen molar-refractivity contribution in [3.05, 3.63) is 54.1 Å². The van der Waals surface area contributed by atoms with Gasteiger partial charge in [0.2, 0.25) is 11.8 Å². The Morgan fingerprint density at radius 3 is 2.29 bits per heavy atom.